The van der Waals surface area contributed by atoms with E-state index in [2.05, 4.69) is 4.98 Å². The molecule has 7 nitrogen and oxygen atoms in total. The summed E-state index contributed by atoms with van der Waals surface area (Å²) in [6.45, 7) is 2.95. The second-order valence-electron chi connectivity index (χ2n) is 9.41. The molecule has 0 radical (unpaired) electrons. The highest BCUT2D eigenvalue weighted by Gasteiger charge is 2.61. The Kier molecular flexibility index (Phi) is 4.67. The van der Waals surface area contributed by atoms with Crippen LogP contribution >= 0.6 is 11.6 Å². The molecule has 1 aliphatic carbocycles. The van der Waals surface area contributed by atoms with Crippen LogP contribution in [0, 0.1) is 12.8 Å². The van der Waals surface area contributed by atoms with Crippen LogP contribution in [-0.2, 0) is 18.1 Å². The maximum atomic E-state index is 13.5. The zero-order valence-electron chi connectivity index (χ0n) is 18.6. The van der Waals surface area contributed by atoms with Crippen LogP contribution in [0.1, 0.15) is 33.7 Å². The van der Waals surface area contributed by atoms with Gasteiger partial charge in [0.25, 0.3) is 11.5 Å². The molecule has 182 valence electrons. The van der Waals surface area contributed by atoms with Gasteiger partial charge in [0.15, 0.2) is 0 Å². The van der Waals surface area contributed by atoms with E-state index in [1.807, 2.05) is 6.92 Å². The predicted molar refractivity (Wildman–Crippen MR) is 120 cm³/mol. The summed E-state index contributed by atoms with van der Waals surface area (Å²) in [6.07, 6.45) is -0.664. The van der Waals surface area contributed by atoms with E-state index in [4.69, 9.17) is 16.3 Å². The third-order valence-electron chi connectivity index (χ3n) is 7.29. The quantitative estimate of drug-likeness (QED) is 0.544. The number of nitrogens with zero attached hydrogens (tertiary/aromatic N) is 4. The number of hydrogen-bond acceptors (Lipinski definition) is 4. The Morgan fingerprint density at radius 3 is 2.74 bits per heavy atom. The number of amides is 1. The Balaban J connectivity index is 1.33. The molecule has 6 rings (SSSR count). The van der Waals surface area contributed by atoms with E-state index in [-0.39, 0.29) is 53.5 Å². The number of fused-ring (bicyclic) bond motifs is 4. The summed E-state index contributed by atoms with van der Waals surface area (Å²) in [5, 5.41) is -0.0799. The number of pyridine rings is 1. The summed E-state index contributed by atoms with van der Waals surface area (Å²) in [7, 11) is 0. The first-order valence-electron chi connectivity index (χ1n) is 11.2. The molecule has 35 heavy (non-hydrogen) atoms. The van der Waals surface area contributed by atoms with Gasteiger partial charge < -0.3 is 18.8 Å². The van der Waals surface area contributed by atoms with Crippen molar-refractivity contribution >= 4 is 17.5 Å². The lowest BCUT2D eigenvalue weighted by Gasteiger charge is -2.35. The normalized spacial score (nSPS) is 22.8. The minimum absolute atomic E-state index is 0.00155. The van der Waals surface area contributed by atoms with Gasteiger partial charge in [0.2, 0.25) is 0 Å². The van der Waals surface area contributed by atoms with Crippen LogP contribution in [0.25, 0.3) is 5.69 Å². The van der Waals surface area contributed by atoms with Crippen LogP contribution in [-0.4, -0.2) is 44.6 Å². The van der Waals surface area contributed by atoms with Gasteiger partial charge in [0.05, 0.1) is 29.2 Å². The summed E-state index contributed by atoms with van der Waals surface area (Å²) < 4.78 is 49.2. The smallest absolute Gasteiger partial charge is 0.416 e. The molecule has 3 aromatic rings. The minimum Gasteiger partial charge on any atom is -0.491 e. The Labute approximate surface area is 202 Å². The fourth-order valence-electron chi connectivity index (χ4n) is 5.37. The fraction of sp³-hybridized carbons (Fsp3) is 0.375. The van der Waals surface area contributed by atoms with Crippen molar-refractivity contribution in [3.05, 3.63) is 74.7 Å². The summed E-state index contributed by atoms with van der Waals surface area (Å²) >= 11 is 6.17. The fourth-order valence-corrected chi connectivity index (χ4v) is 5.64. The van der Waals surface area contributed by atoms with Gasteiger partial charge in [-0.25, -0.2) is 4.98 Å². The first-order valence-corrected chi connectivity index (χ1v) is 11.5. The monoisotopic (exact) mass is 504 g/mol. The van der Waals surface area contributed by atoms with E-state index in [9.17, 15) is 22.8 Å². The van der Waals surface area contributed by atoms with E-state index >= 15 is 0 Å². The number of imidazole rings is 1. The molecule has 0 bridgehead atoms. The molecule has 0 saturated heterocycles. The van der Waals surface area contributed by atoms with Crippen molar-refractivity contribution in [2.24, 2.45) is 5.92 Å². The zero-order chi connectivity index (χ0) is 24.7. The predicted octanol–water partition coefficient (Wildman–Crippen LogP) is 3.82. The number of hydrogen-bond donors (Lipinski definition) is 0. The lowest BCUT2D eigenvalue weighted by molar-refractivity contribution is -0.137. The van der Waals surface area contributed by atoms with Gasteiger partial charge in [0.1, 0.15) is 17.1 Å². The molecule has 2 atom stereocenters. The molecule has 3 aliphatic rings. The number of aryl methyl sites for hydroxylation is 1. The van der Waals surface area contributed by atoms with E-state index in [1.165, 1.54) is 4.57 Å². The van der Waals surface area contributed by atoms with Crippen molar-refractivity contribution in [3.63, 3.8) is 0 Å². The SMILES string of the molecule is Cc1cn(-c2ccc3n(c2=O)CCN(C[C@@]24C[C@@H]2COc2c(Cl)cc(C(F)(F)F)cc24)C3=O)cn1. The van der Waals surface area contributed by atoms with Crippen molar-refractivity contribution < 1.29 is 22.7 Å². The third-order valence-corrected chi connectivity index (χ3v) is 7.57. The lowest BCUT2D eigenvalue weighted by Crippen LogP contribution is -2.48. The Morgan fingerprint density at radius 2 is 2.03 bits per heavy atom. The van der Waals surface area contributed by atoms with E-state index in [1.54, 1.807) is 34.1 Å². The van der Waals surface area contributed by atoms with Crippen molar-refractivity contribution in [1.82, 2.24) is 19.0 Å². The summed E-state index contributed by atoms with van der Waals surface area (Å²) in [5.41, 5.74) is 0.0294. The Morgan fingerprint density at radius 1 is 1.23 bits per heavy atom. The molecule has 11 heteroatoms. The molecule has 0 unspecified atom stereocenters. The third kappa shape index (κ3) is 3.37. The molecule has 1 saturated carbocycles. The number of ether oxygens (including phenoxy) is 1. The average molecular weight is 505 g/mol. The highest BCUT2D eigenvalue weighted by atomic mass is 35.5. The minimum atomic E-state index is -4.55. The Hall–Kier alpha value is -3.27. The van der Waals surface area contributed by atoms with Crippen LogP contribution in [0.2, 0.25) is 5.02 Å². The number of aromatic nitrogens is 3. The number of alkyl halides is 3. The van der Waals surface area contributed by atoms with Gasteiger partial charge in [-0.05, 0) is 37.6 Å². The summed E-state index contributed by atoms with van der Waals surface area (Å²) in [5.74, 6) is -0.0686. The second-order valence-corrected chi connectivity index (χ2v) is 9.82. The largest absolute Gasteiger partial charge is 0.491 e. The molecular formula is C24H20ClF3N4O3. The van der Waals surface area contributed by atoms with Gasteiger partial charge >= 0.3 is 6.18 Å². The standard InChI is InChI=1S/C24H20ClF3N4O3/c1-13-9-31(12-29-13)18-2-3-19-21(33)30(4-5-32(19)22(18)34)11-23-8-15(23)10-35-20-16(23)6-14(7-17(20)25)24(26,27)28/h2-3,6-7,9,12,15H,4-5,8,10-11H2,1H3/t15-,23+/m1/s1. The average Bonchev–Trinajstić information content (AvgIpc) is 3.37. The van der Waals surface area contributed by atoms with Crippen molar-refractivity contribution in [3.8, 4) is 11.4 Å². The van der Waals surface area contributed by atoms with Gasteiger partial charge in [-0.15, -0.1) is 0 Å². The molecule has 0 N–H and O–H groups in total. The number of benzene rings is 1. The Bertz CT molecular complexity index is 1450. The highest BCUT2D eigenvalue weighted by molar-refractivity contribution is 6.32. The summed E-state index contributed by atoms with van der Waals surface area (Å²) in [6, 6.07) is 5.19. The summed E-state index contributed by atoms with van der Waals surface area (Å²) in [4.78, 5) is 32.2. The van der Waals surface area contributed by atoms with Crippen LogP contribution < -0.4 is 10.3 Å². The molecule has 1 amide bonds. The maximum absolute atomic E-state index is 13.5. The number of carbonyl (C=O) groups is 1. The van der Waals surface area contributed by atoms with E-state index < -0.39 is 17.2 Å². The van der Waals surface area contributed by atoms with Gasteiger partial charge in [-0.2, -0.15) is 13.2 Å². The molecule has 2 aromatic heterocycles. The van der Waals surface area contributed by atoms with Gasteiger partial charge in [-0.1, -0.05) is 11.6 Å². The number of halogens is 4. The number of carbonyl (C=O) groups excluding carboxylic acids is 1. The molecule has 0 spiro atoms. The van der Waals surface area contributed by atoms with Crippen molar-refractivity contribution in [2.45, 2.75) is 31.5 Å². The van der Waals surface area contributed by atoms with Crippen LogP contribution in [0.5, 0.6) is 5.75 Å². The molecule has 4 heterocycles. The first kappa shape index (κ1) is 22.2. The number of rotatable bonds is 3. The molecule has 1 fully saturated rings. The topological polar surface area (TPSA) is 69.4 Å². The molecule has 2 aliphatic heterocycles. The van der Waals surface area contributed by atoms with Crippen LogP contribution in [0.3, 0.4) is 0 Å². The van der Waals surface area contributed by atoms with Crippen LogP contribution in [0.4, 0.5) is 13.2 Å². The maximum Gasteiger partial charge on any atom is 0.416 e. The first-order chi connectivity index (χ1) is 16.6. The van der Waals surface area contributed by atoms with Crippen molar-refractivity contribution in [1.29, 1.82) is 0 Å². The molecule has 1 aromatic carbocycles. The van der Waals surface area contributed by atoms with E-state index in [0.717, 1.165) is 17.8 Å². The molecular weight excluding hydrogens is 485 g/mol. The van der Waals surface area contributed by atoms with Crippen LogP contribution in [0.15, 0.2) is 41.6 Å². The second kappa shape index (κ2) is 7.36. The van der Waals surface area contributed by atoms with E-state index in [0.29, 0.717) is 24.3 Å². The van der Waals surface area contributed by atoms with Gasteiger partial charge in [-0.3, -0.25) is 9.59 Å². The van der Waals surface area contributed by atoms with Crippen molar-refractivity contribution in [2.75, 3.05) is 19.7 Å². The zero-order valence-corrected chi connectivity index (χ0v) is 19.4. The lowest BCUT2D eigenvalue weighted by atomic mass is 9.88. The highest BCUT2D eigenvalue weighted by Crippen LogP contribution is 2.61. The van der Waals surface area contributed by atoms with Gasteiger partial charge in [0, 0.05) is 42.7 Å².